The first-order valence-electron chi connectivity index (χ1n) is 32.8. The number of unbranched alkanes of at least 4 members (excludes halogenated alkanes) is 38. The minimum absolute atomic E-state index is 0.127. The second kappa shape index (κ2) is 54.5. The number of allylic oxidation sites excluding steroid dienone is 5. The highest BCUT2D eigenvalue weighted by molar-refractivity contribution is 5.80. The first-order valence-corrected chi connectivity index (χ1v) is 32.8. The van der Waals surface area contributed by atoms with Crippen molar-refractivity contribution in [2.45, 2.75) is 359 Å². The van der Waals surface area contributed by atoms with Crippen molar-refractivity contribution in [1.29, 1.82) is 0 Å². The Kier molecular flexibility index (Phi) is 51.6. The second-order valence-electron chi connectivity index (χ2n) is 22.9. The van der Waals surface area contributed by atoms with Crippen molar-refractivity contribution in [3.05, 3.63) is 36.5 Å². The zero-order valence-corrected chi connectivity index (χ0v) is 50.1. The van der Waals surface area contributed by atoms with Crippen LogP contribution in [0.5, 0.6) is 0 Å². The molecule has 1 saturated heterocycles. The highest BCUT2D eigenvalue weighted by atomic mass is 16.7. The van der Waals surface area contributed by atoms with Crippen molar-refractivity contribution < 1.29 is 49.3 Å². The molecule has 0 radical (unpaired) electrons. The molecule has 0 aromatic rings. The van der Waals surface area contributed by atoms with E-state index in [4.69, 9.17) is 14.2 Å². The topological polar surface area (TPSA) is 175 Å². The van der Waals surface area contributed by atoms with E-state index in [1.807, 2.05) is 6.08 Å². The molecule has 1 amide bonds. The van der Waals surface area contributed by atoms with Crippen LogP contribution in [0.25, 0.3) is 0 Å². The maximum absolute atomic E-state index is 13.4. The first-order chi connectivity index (χ1) is 37.7. The molecular weight excluding hydrogens is 967 g/mol. The van der Waals surface area contributed by atoms with Crippen LogP contribution in [-0.4, -0.2) is 99.6 Å². The number of esters is 1. The maximum Gasteiger partial charge on any atom is 0.306 e. The lowest BCUT2D eigenvalue weighted by molar-refractivity contribution is -0.305. The fourth-order valence-electron chi connectivity index (χ4n) is 10.3. The highest BCUT2D eigenvalue weighted by Crippen LogP contribution is 2.26. The third-order valence-corrected chi connectivity index (χ3v) is 15.5. The fraction of sp³-hybridized carbons (Fsp3) is 0.879. The number of carbonyl (C=O) groups excluding carboxylic acids is 2. The van der Waals surface area contributed by atoms with Crippen LogP contribution in [0, 0.1) is 0 Å². The van der Waals surface area contributed by atoms with Crippen molar-refractivity contribution >= 4 is 11.9 Å². The van der Waals surface area contributed by atoms with Crippen LogP contribution in [0.1, 0.15) is 310 Å². The van der Waals surface area contributed by atoms with Gasteiger partial charge in [0.1, 0.15) is 24.4 Å². The number of hydrogen-bond donors (Lipinski definition) is 6. The van der Waals surface area contributed by atoms with Gasteiger partial charge in [-0.25, -0.2) is 0 Å². The van der Waals surface area contributed by atoms with E-state index in [0.29, 0.717) is 19.3 Å². The number of aliphatic hydroxyl groups is 5. The molecular formula is C66H123NO10. The minimum Gasteiger partial charge on any atom is -0.454 e. The Morgan fingerprint density at radius 3 is 1.35 bits per heavy atom. The van der Waals surface area contributed by atoms with Crippen LogP contribution in [-0.2, 0) is 23.8 Å². The molecule has 1 rings (SSSR count). The van der Waals surface area contributed by atoms with Gasteiger partial charge in [-0.15, -0.1) is 0 Å². The van der Waals surface area contributed by atoms with Crippen molar-refractivity contribution in [3.8, 4) is 0 Å². The van der Waals surface area contributed by atoms with Crippen LogP contribution in [0.2, 0.25) is 0 Å². The van der Waals surface area contributed by atoms with E-state index < -0.39 is 67.4 Å². The standard InChI is InChI=1S/C66H123NO10/c1-4-7-10-13-16-19-22-24-25-26-27-28-29-30-31-32-33-34-35-36-39-42-45-48-51-54-61(71)77-64-63(73)62(72)60(55-68)76-66(64)75-56-57(58(69)52-49-46-43-40-37-21-18-15-12-9-6-3)67-65(74)59(70)53-50-47-44-41-38-23-20-17-14-11-8-5-2/h16,19,24-25,49,52,57-60,62-64,66,68-70,72-73H,4-15,17-18,20-23,26-48,50-51,53-56H2,1-3H3,(H,67,74)/b19-16-,25-24-,52-49+. The third-order valence-electron chi connectivity index (χ3n) is 15.5. The van der Waals surface area contributed by atoms with Gasteiger partial charge in [0.2, 0.25) is 5.91 Å². The van der Waals surface area contributed by atoms with E-state index >= 15 is 0 Å². The average Bonchev–Trinajstić information content (AvgIpc) is 3.43. The Balaban J connectivity index is 2.54. The molecule has 0 bridgehead atoms. The summed E-state index contributed by atoms with van der Waals surface area (Å²) in [5.74, 6) is -1.18. The lowest BCUT2D eigenvalue weighted by atomic mass is 9.99. The predicted octanol–water partition coefficient (Wildman–Crippen LogP) is 15.8. The van der Waals surface area contributed by atoms with Crippen molar-refractivity contribution in [1.82, 2.24) is 5.32 Å². The van der Waals surface area contributed by atoms with E-state index in [1.165, 1.54) is 199 Å². The van der Waals surface area contributed by atoms with Gasteiger partial charge in [0.15, 0.2) is 12.4 Å². The van der Waals surface area contributed by atoms with Gasteiger partial charge in [0.25, 0.3) is 0 Å². The molecule has 6 N–H and O–H groups in total. The molecule has 8 atom stereocenters. The molecule has 452 valence electrons. The lowest BCUT2D eigenvalue weighted by Crippen LogP contribution is -2.61. The minimum atomic E-state index is -1.61. The van der Waals surface area contributed by atoms with Gasteiger partial charge < -0.3 is 45.1 Å². The largest absolute Gasteiger partial charge is 0.454 e. The summed E-state index contributed by atoms with van der Waals surface area (Å²) in [7, 11) is 0. The van der Waals surface area contributed by atoms with Crippen LogP contribution >= 0.6 is 0 Å². The molecule has 0 aliphatic carbocycles. The molecule has 1 aliphatic rings. The van der Waals surface area contributed by atoms with Gasteiger partial charge in [-0.3, -0.25) is 9.59 Å². The zero-order chi connectivity index (χ0) is 56.1. The van der Waals surface area contributed by atoms with Crippen LogP contribution in [0.3, 0.4) is 0 Å². The van der Waals surface area contributed by atoms with E-state index in [0.717, 1.165) is 64.2 Å². The number of rotatable bonds is 56. The molecule has 1 fully saturated rings. The number of ether oxygens (including phenoxy) is 3. The van der Waals surface area contributed by atoms with Crippen LogP contribution in [0.15, 0.2) is 36.5 Å². The molecule has 8 unspecified atom stereocenters. The molecule has 1 aliphatic heterocycles. The van der Waals surface area contributed by atoms with Gasteiger partial charge in [0, 0.05) is 6.42 Å². The summed E-state index contributed by atoms with van der Waals surface area (Å²) < 4.78 is 17.6. The van der Waals surface area contributed by atoms with Gasteiger partial charge in [-0.05, 0) is 57.8 Å². The highest BCUT2D eigenvalue weighted by Gasteiger charge is 2.47. The van der Waals surface area contributed by atoms with Crippen molar-refractivity contribution in [2.75, 3.05) is 13.2 Å². The fourth-order valence-corrected chi connectivity index (χ4v) is 10.3. The van der Waals surface area contributed by atoms with Crippen LogP contribution < -0.4 is 5.32 Å². The van der Waals surface area contributed by atoms with E-state index in [-0.39, 0.29) is 13.0 Å². The quantitative estimate of drug-likeness (QED) is 0.0195. The summed E-state index contributed by atoms with van der Waals surface area (Å²) >= 11 is 0. The molecule has 0 spiro atoms. The molecule has 0 saturated carbocycles. The Hall–Kier alpha value is -2.12. The Morgan fingerprint density at radius 1 is 0.506 bits per heavy atom. The molecule has 0 aromatic carbocycles. The lowest BCUT2D eigenvalue weighted by Gasteiger charge is -2.41. The van der Waals surface area contributed by atoms with Gasteiger partial charge in [-0.1, -0.05) is 282 Å². The number of amides is 1. The molecule has 1 heterocycles. The molecule has 0 aromatic heterocycles. The van der Waals surface area contributed by atoms with E-state index in [2.05, 4.69) is 50.4 Å². The van der Waals surface area contributed by atoms with E-state index in [9.17, 15) is 35.1 Å². The summed E-state index contributed by atoms with van der Waals surface area (Å²) in [5, 5.41) is 56.9. The number of nitrogens with one attached hydrogen (secondary N) is 1. The summed E-state index contributed by atoms with van der Waals surface area (Å²) in [6.45, 7) is 5.78. The number of hydrogen-bond acceptors (Lipinski definition) is 10. The zero-order valence-electron chi connectivity index (χ0n) is 50.1. The molecule has 11 heteroatoms. The number of carbonyl (C=O) groups is 2. The normalized spacial score (nSPS) is 19.2. The summed E-state index contributed by atoms with van der Waals surface area (Å²) in [6.07, 6.45) is 54.8. The maximum atomic E-state index is 13.4. The smallest absolute Gasteiger partial charge is 0.306 e. The second-order valence-corrected chi connectivity index (χ2v) is 22.9. The predicted molar refractivity (Wildman–Crippen MR) is 320 cm³/mol. The average molecular weight is 1090 g/mol. The van der Waals surface area contributed by atoms with Gasteiger partial charge >= 0.3 is 5.97 Å². The van der Waals surface area contributed by atoms with Crippen molar-refractivity contribution in [3.63, 3.8) is 0 Å². The summed E-state index contributed by atoms with van der Waals surface area (Å²) in [6, 6.07) is -1.02. The molecule has 11 nitrogen and oxygen atoms in total. The van der Waals surface area contributed by atoms with Gasteiger partial charge in [-0.2, -0.15) is 0 Å². The third kappa shape index (κ3) is 42.4. The Morgan fingerprint density at radius 2 is 0.896 bits per heavy atom. The summed E-state index contributed by atoms with van der Waals surface area (Å²) in [4.78, 5) is 26.5. The van der Waals surface area contributed by atoms with E-state index in [1.54, 1.807) is 6.08 Å². The Bertz CT molecular complexity index is 1390. The summed E-state index contributed by atoms with van der Waals surface area (Å²) in [5.41, 5.74) is 0. The van der Waals surface area contributed by atoms with Crippen molar-refractivity contribution in [2.24, 2.45) is 0 Å². The SMILES string of the molecule is CCCCC/C=C\C/C=C\CCCCCCCCCCCCCCCCCC(=O)OC1C(OCC(NC(=O)C(O)CCCCCCCCCCCCCC)C(O)/C=C/CCCCCCCCCCC)OC(CO)C(O)C1O. The number of aliphatic hydroxyl groups excluding tert-OH is 5. The van der Waals surface area contributed by atoms with Gasteiger partial charge in [0.05, 0.1) is 25.4 Å². The van der Waals surface area contributed by atoms with Crippen LogP contribution in [0.4, 0.5) is 0 Å². The monoisotopic (exact) mass is 1090 g/mol. The first kappa shape index (κ1) is 72.9. The molecule has 77 heavy (non-hydrogen) atoms. The Labute approximate surface area is 473 Å².